The van der Waals surface area contributed by atoms with E-state index in [-0.39, 0.29) is 44.5 Å². The monoisotopic (exact) mass is 510 g/mol. The fourth-order valence-electron chi connectivity index (χ4n) is 4.69. The zero-order valence-electron chi connectivity index (χ0n) is 21.4. The number of carboxylic acids is 1. The van der Waals surface area contributed by atoms with Crippen LogP contribution in [0.5, 0.6) is 0 Å². The molecule has 0 bridgehead atoms. The SMILES string of the molecule is CCOC(=O)CN(CCC(=O)O)C(=O)CCCCCN(C(=O)OC)C1c2ccccc2-c2ccccc21. The van der Waals surface area contributed by atoms with Crippen molar-refractivity contribution in [3.63, 3.8) is 0 Å². The van der Waals surface area contributed by atoms with Crippen molar-refractivity contribution in [3.05, 3.63) is 59.7 Å². The van der Waals surface area contributed by atoms with E-state index in [4.69, 9.17) is 14.6 Å². The number of aliphatic carboxylic acids is 1. The van der Waals surface area contributed by atoms with Crippen LogP contribution >= 0.6 is 0 Å². The second-order valence-corrected chi connectivity index (χ2v) is 8.82. The Balaban J connectivity index is 1.60. The lowest BCUT2D eigenvalue weighted by Gasteiger charge is -2.29. The van der Waals surface area contributed by atoms with Crippen LogP contribution in [0.3, 0.4) is 0 Å². The Morgan fingerprint density at radius 2 is 1.49 bits per heavy atom. The number of nitrogens with zero attached hydrogens (tertiary/aromatic N) is 2. The molecule has 0 atom stereocenters. The molecule has 2 amide bonds. The number of fused-ring (bicyclic) bond motifs is 3. The van der Waals surface area contributed by atoms with Crippen LogP contribution in [0.15, 0.2) is 48.5 Å². The average molecular weight is 511 g/mol. The molecule has 198 valence electrons. The number of rotatable bonds is 13. The molecule has 0 fully saturated rings. The highest BCUT2D eigenvalue weighted by Gasteiger charge is 2.35. The van der Waals surface area contributed by atoms with Crippen molar-refractivity contribution in [1.29, 1.82) is 0 Å². The predicted molar refractivity (Wildman–Crippen MR) is 137 cm³/mol. The van der Waals surface area contributed by atoms with Gasteiger partial charge in [0.2, 0.25) is 5.91 Å². The molecule has 9 nitrogen and oxygen atoms in total. The summed E-state index contributed by atoms with van der Waals surface area (Å²) >= 11 is 0. The molecule has 9 heteroatoms. The summed E-state index contributed by atoms with van der Waals surface area (Å²) < 4.78 is 10.0. The molecular formula is C28H34N2O7. The van der Waals surface area contributed by atoms with E-state index in [1.807, 2.05) is 36.4 Å². The zero-order valence-corrected chi connectivity index (χ0v) is 21.4. The van der Waals surface area contributed by atoms with Gasteiger partial charge in [-0.05, 0) is 42.0 Å². The molecule has 0 aromatic heterocycles. The summed E-state index contributed by atoms with van der Waals surface area (Å²) in [4.78, 5) is 51.2. The fourth-order valence-corrected chi connectivity index (χ4v) is 4.69. The number of benzene rings is 2. The van der Waals surface area contributed by atoms with Gasteiger partial charge >= 0.3 is 18.0 Å². The maximum Gasteiger partial charge on any atom is 0.410 e. The number of ether oxygens (including phenoxy) is 2. The van der Waals surface area contributed by atoms with Gasteiger partial charge in [0.25, 0.3) is 0 Å². The number of amides is 2. The summed E-state index contributed by atoms with van der Waals surface area (Å²) in [5.74, 6) is -1.90. The van der Waals surface area contributed by atoms with Crippen molar-refractivity contribution in [3.8, 4) is 11.1 Å². The molecule has 0 heterocycles. The summed E-state index contributed by atoms with van der Waals surface area (Å²) in [5, 5.41) is 8.96. The van der Waals surface area contributed by atoms with Crippen molar-refractivity contribution in [2.45, 2.75) is 45.1 Å². The molecule has 0 saturated heterocycles. The van der Waals surface area contributed by atoms with E-state index in [1.54, 1.807) is 11.8 Å². The number of hydrogen-bond donors (Lipinski definition) is 1. The number of carboxylic acid groups (broad SMARTS) is 1. The van der Waals surface area contributed by atoms with E-state index in [9.17, 15) is 19.2 Å². The molecule has 37 heavy (non-hydrogen) atoms. The molecule has 1 N–H and O–H groups in total. The smallest absolute Gasteiger partial charge is 0.410 e. The molecule has 2 aromatic carbocycles. The van der Waals surface area contributed by atoms with Crippen LogP contribution in [0.1, 0.15) is 56.2 Å². The number of hydrogen-bond acceptors (Lipinski definition) is 6. The van der Waals surface area contributed by atoms with E-state index in [1.165, 1.54) is 12.0 Å². The Hall–Kier alpha value is -3.88. The third kappa shape index (κ3) is 7.09. The van der Waals surface area contributed by atoms with E-state index in [2.05, 4.69) is 12.1 Å². The Morgan fingerprint density at radius 1 is 0.865 bits per heavy atom. The summed E-state index contributed by atoms with van der Waals surface area (Å²) in [6.07, 6.45) is 1.37. The Kier molecular flexibility index (Phi) is 10.1. The minimum Gasteiger partial charge on any atom is -0.481 e. The second kappa shape index (κ2) is 13.4. The van der Waals surface area contributed by atoms with Crippen molar-refractivity contribution < 1.29 is 33.8 Å². The molecular weight excluding hydrogens is 476 g/mol. The molecule has 0 saturated carbocycles. The summed E-state index contributed by atoms with van der Waals surface area (Å²) in [6.45, 7) is 1.98. The Labute approximate surface area is 217 Å². The number of methoxy groups -OCH3 is 1. The highest BCUT2D eigenvalue weighted by atomic mass is 16.5. The van der Waals surface area contributed by atoms with Gasteiger partial charge in [0.1, 0.15) is 6.54 Å². The highest BCUT2D eigenvalue weighted by molar-refractivity contribution is 5.83. The lowest BCUT2D eigenvalue weighted by atomic mass is 10.0. The van der Waals surface area contributed by atoms with Gasteiger partial charge in [0.15, 0.2) is 0 Å². The van der Waals surface area contributed by atoms with Crippen LogP contribution in [0.25, 0.3) is 11.1 Å². The van der Waals surface area contributed by atoms with Crippen molar-refractivity contribution in [2.24, 2.45) is 0 Å². The first kappa shape index (κ1) is 27.7. The van der Waals surface area contributed by atoms with Crippen molar-refractivity contribution in [2.75, 3.05) is 33.4 Å². The minimum absolute atomic E-state index is 0.0520. The molecule has 3 rings (SSSR count). The molecule has 0 spiro atoms. The van der Waals surface area contributed by atoms with Gasteiger partial charge in [-0.15, -0.1) is 0 Å². The summed E-state index contributed by atoms with van der Waals surface area (Å²) in [7, 11) is 1.37. The molecule has 1 aliphatic carbocycles. The van der Waals surface area contributed by atoms with Crippen LogP contribution in [-0.4, -0.2) is 72.2 Å². The summed E-state index contributed by atoms with van der Waals surface area (Å²) in [6, 6.07) is 15.8. The Morgan fingerprint density at radius 3 is 2.05 bits per heavy atom. The largest absolute Gasteiger partial charge is 0.481 e. The highest BCUT2D eigenvalue weighted by Crippen LogP contribution is 2.46. The normalized spacial score (nSPS) is 11.8. The van der Waals surface area contributed by atoms with Crippen LogP contribution < -0.4 is 0 Å². The maximum absolute atomic E-state index is 12.8. The number of carbonyl (C=O) groups is 4. The van der Waals surface area contributed by atoms with Gasteiger partial charge in [0, 0.05) is 19.5 Å². The zero-order chi connectivity index (χ0) is 26.8. The minimum atomic E-state index is -1.04. The lowest BCUT2D eigenvalue weighted by molar-refractivity contribution is -0.150. The van der Waals surface area contributed by atoms with E-state index >= 15 is 0 Å². The van der Waals surface area contributed by atoms with Crippen LogP contribution in [0.4, 0.5) is 4.79 Å². The van der Waals surface area contributed by atoms with Crippen LogP contribution in [0.2, 0.25) is 0 Å². The van der Waals surface area contributed by atoms with E-state index < -0.39 is 18.0 Å². The van der Waals surface area contributed by atoms with Crippen molar-refractivity contribution in [1.82, 2.24) is 9.80 Å². The quantitative estimate of drug-likeness (QED) is 0.317. The third-order valence-corrected chi connectivity index (χ3v) is 6.38. The maximum atomic E-state index is 12.8. The number of esters is 1. The molecule has 0 unspecified atom stereocenters. The van der Waals surface area contributed by atoms with Gasteiger partial charge in [-0.3, -0.25) is 19.3 Å². The first-order valence-corrected chi connectivity index (χ1v) is 12.5. The second-order valence-electron chi connectivity index (χ2n) is 8.82. The molecule has 2 aromatic rings. The van der Waals surface area contributed by atoms with E-state index in [0.717, 1.165) is 22.3 Å². The van der Waals surface area contributed by atoms with Gasteiger partial charge < -0.3 is 19.5 Å². The predicted octanol–water partition coefficient (Wildman–Crippen LogP) is 4.25. The van der Waals surface area contributed by atoms with Crippen LogP contribution in [0, 0.1) is 0 Å². The molecule has 0 radical (unpaired) electrons. The van der Waals surface area contributed by atoms with E-state index in [0.29, 0.717) is 25.8 Å². The average Bonchev–Trinajstić information content (AvgIpc) is 3.22. The fraction of sp³-hybridized carbons (Fsp3) is 0.429. The van der Waals surface area contributed by atoms with Crippen LogP contribution in [-0.2, 0) is 23.9 Å². The Bertz CT molecular complexity index is 1070. The summed E-state index contributed by atoms with van der Waals surface area (Å²) in [5.41, 5.74) is 4.31. The topological polar surface area (TPSA) is 113 Å². The number of carbonyl (C=O) groups excluding carboxylic acids is 3. The first-order valence-electron chi connectivity index (χ1n) is 12.5. The molecule has 0 aliphatic heterocycles. The standard InChI is InChI=1S/C28H34N2O7/c1-3-37-26(34)19-29(18-16-25(32)33)24(31)15-5-4-10-17-30(28(35)36-2)27-22-13-8-6-11-20(22)21-12-7-9-14-23(21)27/h6-9,11-14,27H,3-5,10,15-19H2,1-2H3,(H,32,33). The lowest BCUT2D eigenvalue weighted by Crippen LogP contribution is -2.38. The van der Waals surface area contributed by atoms with Gasteiger partial charge in [-0.25, -0.2) is 4.79 Å². The molecule has 1 aliphatic rings. The van der Waals surface area contributed by atoms with Crippen molar-refractivity contribution >= 4 is 23.9 Å². The van der Waals surface area contributed by atoms with Gasteiger partial charge in [-0.2, -0.15) is 0 Å². The van der Waals surface area contributed by atoms with Gasteiger partial charge in [0.05, 0.1) is 26.2 Å². The third-order valence-electron chi connectivity index (χ3n) is 6.38. The number of unbranched alkanes of at least 4 members (excludes halogenated alkanes) is 2. The van der Waals surface area contributed by atoms with Gasteiger partial charge in [-0.1, -0.05) is 55.0 Å². The first-order chi connectivity index (χ1) is 17.9.